The van der Waals surface area contributed by atoms with Crippen molar-refractivity contribution in [2.45, 2.75) is 25.9 Å². The Morgan fingerprint density at radius 2 is 2.29 bits per heavy atom. The van der Waals surface area contributed by atoms with Crippen molar-refractivity contribution in [3.05, 3.63) is 34.1 Å². The number of likely N-dealkylation sites (tertiary alicyclic amines) is 1. The van der Waals surface area contributed by atoms with Crippen LogP contribution >= 0.6 is 15.9 Å². The Kier molecular flexibility index (Phi) is 4.17. The molecule has 2 rings (SSSR count). The Hall–Kier alpha value is -0.450. The molecule has 0 aromatic heterocycles. The first-order valence-electron chi connectivity index (χ1n) is 5.90. The predicted molar refractivity (Wildman–Crippen MR) is 69.2 cm³/mol. The topological polar surface area (TPSA) is 23.5 Å². The molecule has 1 heterocycles. The van der Waals surface area contributed by atoms with Crippen LogP contribution in [0.5, 0.6) is 0 Å². The molecule has 1 aliphatic rings. The molecular formula is C13H17BrFNO. The fourth-order valence-electron chi connectivity index (χ4n) is 2.46. The van der Waals surface area contributed by atoms with Crippen LogP contribution in [0.1, 0.15) is 18.9 Å². The van der Waals surface area contributed by atoms with E-state index in [1.807, 2.05) is 6.07 Å². The molecular weight excluding hydrogens is 285 g/mol. The third-order valence-electron chi connectivity index (χ3n) is 3.57. The van der Waals surface area contributed by atoms with Gasteiger partial charge in [0.2, 0.25) is 0 Å². The molecule has 0 radical (unpaired) electrons. The Balaban J connectivity index is 2.12. The molecule has 0 spiro atoms. The van der Waals surface area contributed by atoms with E-state index in [1.54, 1.807) is 6.07 Å². The van der Waals surface area contributed by atoms with Crippen molar-refractivity contribution in [3.8, 4) is 0 Å². The molecule has 94 valence electrons. The average molecular weight is 302 g/mol. The first-order chi connectivity index (χ1) is 8.11. The molecule has 2 nitrogen and oxygen atoms in total. The number of aliphatic hydroxyl groups excluding tert-OH is 1. The molecule has 1 aromatic rings. The van der Waals surface area contributed by atoms with Gasteiger partial charge in [-0.2, -0.15) is 0 Å². The first kappa shape index (κ1) is 13.0. The average Bonchev–Trinajstić information content (AvgIpc) is 2.64. The quantitative estimate of drug-likeness (QED) is 0.928. The number of hydrogen-bond donors (Lipinski definition) is 1. The van der Waals surface area contributed by atoms with E-state index in [2.05, 4.69) is 27.8 Å². The van der Waals surface area contributed by atoms with Crippen LogP contribution < -0.4 is 0 Å². The minimum atomic E-state index is -0.176. The van der Waals surface area contributed by atoms with Gasteiger partial charge in [0.05, 0.1) is 6.61 Å². The summed E-state index contributed by atoms with van der Waals surface area (Å²) in [4.78, 5) is 2.16. The maximum Gasteiger partial charge on any atom is 0.127 e. The van der Waals surface area contributed by atoms with Gasteiger partial charge in [0.1, 0.15) is 5.82 Å². The van der Waals surface area contributed by atoms with Crippen LogP contribution in [-0.4, -0.2) is 29.2 Å². The Labute approximate surface area is 110 Å². The van der Waals surface area contributed by atoms with Crippen molar-refractivity contribution in [3.63, 3.8) is 0 Å². The number of aliphatic hydroxyl groups is 1. The third-order valence-corrected chi connectivity index (χ3v) is 4.06. The molecule has 1 saturated heterocycles. The van der Waals surface area contributed by atoms with Gasteiger partial charge in [-0.1, -0.05) is 22.9 Å². The molecule has 0 aliphatic carbocycles. The molecule has 0 amide bonds. The summed E-state index contributed by atoms with van der Waals surface area (Å²) >= 11 is 3.36. The number of hydrogen-bond acceptors (Lipinski definition) is 2. The summed E-state index contributed by atoms with van der Waals surface area (Å²) in [5, 5.41) is 9.36. The maximum absolute atomic E-state index is 13.6. The van der Waals surface area contributed by atoms with Gasteiger partial charge in [-0.3, -0.25) is 4.90 Å². The molecule has 2 unspecified atom stereocenters. The number of rotatable bonds is 3. The van der Waals surface area contributed by atoms with Crippen LogP contribution in [0.3, 0.4) is 0 Å². The highest BCUT2D eigenvalue weighted by molar-refractivity contribution is 9.10. The van der Waals surface area contributed by atoms with Gasteiger partial charge in [0, 0.05) is 22.6 Å². The van der Waals surface area contributed by atoms with Crippen molar-refractivity contribution < 1.29 is 9.50 Å². The highest BCUT2D eigenvalue weighted by Gasteiger charge is 2.30. The van der Waals surface area contributed by atoms with Gasteiger partial charge in [0.15, 0.2) is 0 Å². The largest absolute Gasteiger partial charge is 0.395 e. The minimum Gasteiger partial charge on any atom is -0.395 e. The number of halogens is 2. The standard InChI is InChI=1S/C13H17BrFNO/c1-9-4-5-16(13(9)8-17)7-10-6-11(14)2-3-12(10)15/h2-3,6,9,13,17H,4-5,7-8H2,1H3. The summed E-state index contributed by atoms with van der Waals surface area (Å²) in [7, 11) is 0. The van der Waals surface area contributed by atoms with Gasteiger partial charge < -0.3 is 5.11 Å². The first-order valence-corrected chi connectivity index (χ1v) is 6.70. The van der Waals surface area contributed by atoms with Gasteiger partial charge in [-0.05, 0) is 37.1 Å². The summed E-state index contributed by atoms with van der Waals surface area (Å²) in [6, 6.07) is 5.16. The molecule has 1 aromatic carbocycles. The van der Waals surface area contributed by atoms with E-state index in [9.17, 15) is 9.50 Å². The van der Waals surface area contributed by atoms with Gasteiger partial charge in [-0.25, -0.2) is 4.39 Å². The molecule has 0 saturated carbocycles. The monoisotopic (exact) mass is 301 g/mol. The van der Waals surface area contributed by atoms with Gasteiger partial charge >= 0.3 is 0 Å². The molecule has 1 N–H and O–H groups in total. The molecule has 2 atom stereocenters. The van der Waals surface area contributed by atoms with Crippen LogP contribution in [0, 0.1) is 11.7 Å². The fraction of sp³-hybridized carbons (Fsp3) is 0.538. The molecule has 4 heteroatoms. The fourth-order valence-corrected chi connectivity index (χ4v) is 2.87. The lowest BCUT2D eigenvalue weighted by Gasteiger charge is -2.25. The second-order valence-corrected chi connectivity index (χ2v) is 5.64. The lowest BCUT2D eigenvalue weighted by Crippen LogP contribution is -2.34. The van der Waals surface area contributed by atoms with Crippen LogP contribution in [0.15, 0.2) is 22.7 Å². The van der Waals surface area contributed by atoms with E-state index in [1.165, 1.54) is 6.07 Å². The highest BCUT2D eigenvalue weighted by atomic mass is 79.9. The summed E-state index contributed by atoms with van der Waals surface area (Å²) in [5.74, 6) is 0.305. The second kappa shape index (κ2) is 5.46. The smallest absolute Gasteiger partial charge is 0.127 e. The third kappa shape index (κ3) is 2.87. The SMILES string of the molecule is CC1CCN(Cc2cc(Br)ccc2F)C1CO. The zero-order valence-electron chi connectivity index (χ0n) is 9.87. The van der Waals surface area contributed by atoms with Crippen LogP contribution in [0.25, 0.3) is 0 Å². The van der Waals surface area contributed by atoms with Crippen molar-refractivity contribution in [2.75, 3.05) is 13.2 Å². The highest BCUT2D eigenvalue weighted by Crippen LogP contribution is 2.26. The predicted octanol–water partition coefficient (Wildman–Crippen LogP) is 2.79. The van der Waals surface area contributed by atoms with Crippen molar-refractivity contribution in [2.24, 2.45) is 5.92 Å². The minimum absolute atomic E-state index is 0.150. The van der Waals surface area contributed by atoms with E-state index < -0.39 is 0 Å². The number of benzene rings is 1. The van der Waals surface area contributed by atoms with Gasteiger partial charge in [0.25, 0.3) is 0 Å². The van der Waals surface area contributed by atoms with E-state index in [0.29, 0.717) is 18.0 Å². The van der Waals surface area contributed by atoms with Crippen LogP contribution in [-0.2, 0) is 6.54 Å². The normalized spacial score (nSPS) is 25.4. The maximum atomic E-state index is 13.6. The van der Waals surface area contributed by atoms with Crippen LogP contribution in [0.2, 0.25) is 0 Å². The Morgan fingerprint density at radius 3 is 3.00 bits per heavy atom. The van der Waals surface area contributed by atoms with Crippen molar-refractivity contribution in [1.29, 1.82) is 0 Å². The van der Waals surface area contributed by atoms with E-state index in [0.717, 1.165) is 17.4 Å². The molecule has 1 fully saturated rings. The second-order valence-electron chi connectivity index (χ2n) is 4.72. The van der Waals surface area contributed by atoms with Crippen LogP contribution in [0.4, 0.5) is 4.39 Å². The number of nitrogens with zero attached hydrogens (tertiary/aromatic N) is 1. The zero-order valence-corrected chi connectivity index (χ0v) is 11.5. The molecule has 0 bridgehead atoms. The molecule has 1 aliphatic heterocycles. The summed E-state index contributed by atoms with van der Waals surface area (Å²) < 4.78 is 14.5. The van der Waals surface area contributed by atoms with E-state index in [-0.39, 0.29) is 18.5 Å². The molecule has 17 heavy (non-hydrogen) atoms. The summed E-state index contributed by atoms with van der Waals surface area (Å²) in [6.45, 7) is 3.79. The summed E-state index contributed by atoms with van der Waals surface area (Å²) in [6.07, 6.45) is 1.07. The van der Waals surface area contributed by atoms with Gasteiger partial charge in [-0.15, -0.1) is 0 Å². The van der Waals surface area contributed by atoms with E-state index >= 15 is 0 Å². The lowest BCUT2D eigenvalue weighted by atomic mass is 10.0. The van der Waals surface area contributed by atoms with Crippen molar-refractivity contribution in [1.82, 2.24) is 4.90 Å². The Bertz CT molecular complexity index is 399. The zero-order chi connectivity index (χ0) is 12.4. The lowest BCUT2D eigenvalue weighted by molar-refractivity contribution is 0.133. The van der Waals surface area contributed by atoms with E-state index in [4.69, 9.17) is 0 Å². The summed E-state index contributed by atoms with van der Waals surface area (Å²) in [5.41, 5.74) is 0.687. The Morgan fingerprint density at radius 1 is 1.53 bits per heavy atom. The van der Waals surface area contributed by atoms with Crippen molar-refractivity contribution >= 4 is 15.9 Å².